The lowest BCUT2D eigenvalue weighted by atomic mass is 10.1. The van der Waals surface area contributed by atoms with Gasteiger partial charge in [-0.1, -0.05) is 54.1 Å². The molecule has 6 heteroatoms. The van der Waals surface area contributed by atoms with Gasteiger partial charge in [-0.05, 0) is 42.8 Å². The van der Waals surface area contributed by atoms with Crippen LogP contribution in [0.3, 0.4) is 0 Å². The van der Waals surface area contributed by atoms with Crippen molar-refractivity contribution in [2.24, 2.45) is 0 Å². The van der Waals surface area contributed by atoms with Gasteiger partial charge in [0, 0.05) is 16.8 Å². The summed E-state index contributed by atoms with van der Waals surface area (Å²) in [7, 11) is 0. The summed E-state index contributed by atoms with van der Waals surface area (Å²) < 4.78 is 19.0. The molecule has 3 aromatic carbocycles. The van der Waals surface area contributed by atoms with Crippen LogP contribution in [0.4, 0.5) is 15.9 Å². The van der Waals surface area contributed by atoms with E-state index in [0.717, 1.165) is 28.1 Å². The fourth-order valence-corrected chi connectivity index (χ4v) is 3.32. The van der Waals surface area contributed by atoms with Crippen LogP contribution in [0.5, 0.6) is 5.75 Å². The van der Waals surface area contributed by atoms with E-state index in [-0.39, 0.29) is 12.4 Å². The first kappa shape index (κ1) is 19.9. The topological polar surface area (TPSA) is 47.0 Å². The molecule has 0 aliphatic carbocycles. The van der Waals surface area contributed by atoms with Crippen LogP contribution in [0.2, 0.25) is 5.02 Å². The second-order valence-electron chi connectivity index (χ2n) is 6.75. The molecule has 0 spiro atoms. The Morgan fingerprint density at radius 2 is 1.80 bits per heavy atom. The third kappa shape index (κ3) is 4.58. The normalized spacial score (nSPS) is 10.6. The van der Waals surface area contributed by atoms with E-state index in [1.807, 2.05) is 43.3 Å². The van der Waals surface area contributed by atoms with E-state index in [0.29, 0.717) is 16.6 Å². The van der Waals surface area contributed by atoms with Crippen molar-refractivity contribution < 1.29 is 9.13 Å². The number of rotatable bonds is 6. The predicted molar refractivity (Wildman–Crippen MR) is 118 cm³/mol. The van der Waals surface area contributed by atoms with Gasteiger partial charge >= 0.3 is 0 Å². The van der Waals surface area contributed by atoms with E-state index in [2.05, 4.69) is 15.3 Å². The summed E-state index contributed by atoms with van der Waals surface area (Å²) >= 11 is 6.39. The predicted octanol–water partition coefficient (Wildman–Crippen LogP) is 6.57. The lowest BCUT2D eigenvalue weighted by Crippen LogP contribution is -2.01. The number of aromatic nitrogens is 2. The second kappa shape index (κ2) is 8.93. The van der Waals surface area contributed by atoms with Crippen molar-refractivity contribution in [1.82, 2.24) is 9.97 Å². The van der Waals surface area contributed by atoms with Gasteiger partial charge in [0.25, 0.3) is 0 Å². The van der Waals surface area contributed by atoms with E-state index >= 15 is 0 Å². The number of hydrogen-bond acceptors (Lipinski definition) is 4. The summed E-state index contributed by atoms with van der Waals surface area (Å²) in [5.41, 5.74) is 4.34. The van der Waals surface area contributed by atoms with Crippen LogP contribution >= 0.6 is 11.6 Å². The largest absolute Gasteiger partial charge is 0.487 e. The Labute approximate surface area is 179 Å². The molecule has 150 valence electrons. The minimum Gasteiger partial charge on any atom is -0.487 e. The number of ether oxygens (including phenoxy) is 1. The average Bonchev–Trinajstić information content (AvgIpc) is 2.75. The first-order chi connectivity index (χ1) is 14.6. The molecule has 0 saturated carbocycles. The van der Waals surface area contributed by atoms with Crippen molar-refractivity contribution in [1.29, 1.82) is 0 Å². The highest BCUT2D eigenvalue weighted by Gasteiger charge is 2.10. The number of hydrogen-bond donors (Lipinski definition) is 1. The van der Waals surface area contributed by atoms with Crippen LogP contribution in [0, 0.1) is 12.7 Å². The van der Waals surface area contributed by atoms with Crippen LogP contribution < -0.4 is 10.1 Å². The Morgan fingerprint density at radius 3 is 2.57 bits per heavy atom. The zero-order chi connectivity index (χ0) is 20.9. The molecule has 0 fully saturated rings. The van der Waals surface area contributed by atoms with Gasteiger partial charge < -0.3 is 10.1 Å². The van der Waals surface area contributed by atoms with E-state index < -0.39 is 0 Å². The maximum absolute atomic E-state index is 13.3. The number of benzene rings is 3. The highest BCUT2D eigenvalue weighted by molar-refractivity contribution is 6.32. The third-order valence-corrected chi connectivity index (χ3v) is 4.90. The van der Waals surface area contributed by atoms with Gasteiger partial charge in [0.15, 0.2) is 0 Å². The van der Waals surface area contributed by atoms with Gasteiger partial charge in [0.05, 0.1) is 10.7 Å². The molecule has 4 rings (SSSR count). The summed E-state index contributed by atoms with van der Waals surface area (Å²) in [4.78, 5) is 8.78. The summed E-state index contributed by atoms with van der Waals surface area (Å²) in [6.07, 6.45) is 1.54. The maximum Gasteiger partial charge on any atom is 0.138 e. The molecule has 4 nitrogen and oxygen atoms in total. The summed E-state index contributed by atoms with van der Waals surface area (Å²) in [5, 5.41) is 3.74. The Balaban J connectivity index is 1.50. The van der Waals surface area contributed by atoms with Gasteiger partial charge in [0.2, 0.25) is 0 Å². The average molecular weight is 420 g/mol. The van der Waals surface area contributed by atoms with Crippen LogP contribution in [0.15, 0.2) is 79.1 Å². The number of nitrogens with one attached hydrogen (secondary N) is 1. The zero-order valence-corrected chi connectivity index (χ0v) is 17.0. The standard InChI is InChI=1S/C24H19ClFN3O/c1-16-23(18-7-3-2-4-8-18)27-15-28-24(16)29-20-10-11-22(21(25)13-20)30-14-17-6-5-9-19(26)12-17/h2-13,15H,14H2,1H3,(H,27,28,29). The first-order valence-corrected chi connectivity index (χ1v) is 9.79. The molecule has 0 amide bonds. The summed E-state index contributed by atoms with van der Waals surface area (Å²) in [6, 6.07) is 21.6. The highest BCUT2D eigenvalue weighted by Crippen LogP contribution is 2.31. The third-order valence-electron chi connectivity index (χ3n) is 4.61. The zero-order valence-electron chi connectivity index (χ0n) is 16.3. The van der Waals surface area contributed by atoms with Gasteiger partial charge in [-0.3, -0.25) is 0 Å². The number of nitrogens with zero attached hydrogens (tertiary/aromatic N) is 2. The van der Waals surface area contributed by atoms with Gasteiger partial charge in [-0.15, -0.1) is 0 Å². The molecule has 0 atom stereocenters. The second-order valence-corrected chi connectivity index (χ2v) is 7.16. The molecule has 0 bridgehead atoms. The lowest BCUT2D eigenvalue weighted by Gasteiger charge is -2.13. The smallest absolute Gasteiger partial charge is 0.138 e. The van der Waals surface area contributed by atoms with Crippen molar-refractivity contribution in [2.75, 3.05) is 5.32 Å². The fourth-order valence-electron chi connectivity index (χ4n) is 3.08. The Morgan fingerprint density at radius 1 is 0.967 bits per heavy atom. The number of halogens is 2. The molecule has 30 heavy (non-hydrogen) atoms. The maximum atomic E-state index is 13.3. The molecule has 1 heterocycles. The molecular weight excluding hydrogens is 401 g/mol. The Bertz CT molecular complexity index is 1170. The molecular formula is C24H19ClFN3O. The molecule has 0 aliphatic heterocycles. The number of anilines is 2. The van der Waals surface area contributed by atoms with Crippen LogP contribution in [-0.4, -0.2) is 9.97 Å². The van der Waals surface area contributed by atoms with Crippen molar-refractivity contribution in [3.63, 3.8) is 0 Å². The van der Waals surface area contributed by atoms with E-state index in [4.69, 9.17) is 16.3 Å². The monoisotopic (exact) mass is 419 g/mol. The molecule has 1 N–H and O–H groups in total. The quantitative estimate of drug-likeness (QED) is 0.384. The van der Waals surface area contributed by atoms with Gasteiger partial charge in [-0.2, -0.15) is 0 Å². The summed E-state index contributed by atoms with van der Waals surface area (Å²) in [6.45, 7) is 2.21. The van der Waals surface area contributed by atoms with Crippen molar-refractivity contribution in [3.8, 4) is 17.0 Å². The fraction of sp³-hybridized carbons (Fsp3) is 0.0833. The molecule has 1 aromatic heterocycles. The van der Waals surface area contributed by atoms with Gasteiger partial charge in [-0.25, -0.2) is 14.4 Å². The van der Waals surface area contributed by atoms with E-state index in [1.165, 1.54) is 18.5 Å². The minimum absolute atomic E-state index is 0.232. The van der Waals surface area contributed by atoms with E-state index in [1.54, 1.807) is 24.3 Å². The first-order valence-electron chi connectivity index (χ1n) is 9.41. The molecule has 0 unspecified atom stereocenters. The molecule has 0 aliphatic rings. The Hall–Kier alpha value is -3.44. The van der Waals surface area contributed by atoms with Crippen LogP contribution in [0.25, 0.3) is 11.3 Å². The Kier molecular flexibility index (Phi) is 5.91. The van der Waals surface area contributed by atoms with Crippen molar-refractivity contribution in [3.05, 3.63) is 101 Å². The minimum atomic E-state index is -0.295. The van der Waals surface area contributed by atoms with Crippen molar-refractivity contribution in [2.45, 2.75) is 13.5 Å². The molecule has 0 saturated heterocycles. The molecule has 0 radical (unpaired) electrons. The molecule has 4 aromatic rings. The SMILES string of the molecule is Cc1c(Nc2ccc(OCc3cccc(F)c3)c(Cl)c2)ncnc1-c1ccccc1. The van der Waals surface area contributed by atoms with E-state index in [9.17, 15) is 4.39 Å². The summed E-state index contributed by atoms with van der Waals surface area (Å²) in [5.74, 6) is 0.932. The highest BCUT2D eigenvalue weighted by atomic mass is 35.5. The van der Waals surface area contributed by atoms with Crippen LogP contribution in [-0.2, 0) is 6.61 Å². The van der Waals surface area contributed by atoms with Crippen LogP contribution in [0.1, 0.15) is 11.1 Å². The van der Waals surface area contributed by atoms with Gasteiger partial charge in [0.1, 0.15) is 30.3 Å². The lowest BCUT2D eigenvalue weighted by molar-refractivity contribution is 0.306. The van der Waals surface area contributed by atoms with Crippen molar-refractivity contribution >= 4 is 23.1 Å².